The van der Waals surface area contributed by atoms with Crippen LogP contribution in [0.15, 0.2) is 24.4 Å². The Balaban J connectivity index is 1.82. The van der Waals surface area contributed by atoms with Gasteiger partial charge in [0.05, 0.1) is 6.10 Å². The maximum atomic E-state index is 9.98. The van der Waals surface area contributed by atoms with Gasteiger partial charge in [0, 0.05) is 30.9 Å². The molecule has 0 radical (unpaired) electrons. The monoisotopic (exact) mass is 234 g/mol. The van der Waals surface area contributed by atoms with Crippen molar-refractivity contribution in [2.24, 2.45) is 0 Å². The van der Waals surface area contributed by atoms with Crippen molar-refractivity contribution in [2.75, 3.05) is 13.6 Å². The molecule has 0 amide bonds. The molecule has 2 atom stereocenters. The summed E-state index contributed by atoms with van der Waals surface area (Å²) in [6.07, 6.45) is 7.16. The van der Waals surface area contributed by atoms with E-state index >= 15 is 0 Å². The highest BCUT2D eigenvalue weighted by molar-refractivity contribution is 5.03. The van der Waals surface area contributed by atoms with Crippen LogP contribution < -0.4 is 0 Å². The van der Waals surface area contributed by atoms with Crippen LogP contribution >= 0.6 is 0 Å². The van der Waals surface area contributed by atoms with Crippen molar-refractivity contribution in [1.29, 1.82) is 0 Å². The minimum Gasteiger partial charge on any atom is -0.391 e. The van der Waals surface area contributed by atoms with Crippen molar-refractivity contribution in [3.05, 3.63) is 30.1 Å². The molecule has 0 spiro atoms. The third-order valence-electron chi connectivity index (χ3n) is 3.71. The molecule has 94 valence electrons. The Labute approximate surface area is 103 Å². The molecule has 0 aliphatic heterocycles. The van der Waals surface area contributed by atoms with Gasteiger partial charge in [0.1, 0.15) is 0 Å². The lowest BCUT2D eigenvalue weighted by atomic mass is 9.91. The van der Waals surface area contributed by atoms with Crippen molar-refractivity contribution in [1.82, 2.24) is 9.88 Å². The summed E-state index contributed by atoms with van der Waals surface area (Å²) >= 11 is 0. The minimum absolute atomic E-state index is 0.141. The molecular weight excluding hydrogens is 212 g/mol. The number of aliphatic hydroxyl groups excluding tert-OH is 1. The summed E-state index contributed by atoms with van der Waals surface area (Å²) in [5, 5.41) is 9.98. The van der Waals surface area contributed by atoms with Crippen LogP contribution in [0.4, 0.5) is 0 Å². The molecular formula is C14H22N2O. The molecule has 1 heterocycles. The Hall–Kier alpha value is -0.930. The molecule has 1 aromatic rings. The number of aliphatic hydroxyl groups is 1. The van der Waals surface area contributed by atoms with E-state index in [2.05, 4.69) is 23.0 Å². The summed E-state index contributed by atoms with van der Waals surface area (Å²) < 4.78 is 0. The van der Waals surface area contributed by atoms with Crippen molar-refractivity contribution in [3.8, 4) is 0 Å². The van der Waals surface area contributed by atoms with E-state index in [4.69, 9.17) is 0 Å². The zero-order chi connectivity index (χ0) is 12.1. The average Bonchev–Trinajstić information content (AvgIpc) is 2.38. The van der Waals surface area contributed by atoms with Crippen molar-refractivity contribution in [3.63, 3.8) is 0 Å². The van der Waals surface area contributed by atoms with Crippen molar-refractivity contribution in [2.45, 2.75) is 44.2 Å². The molecule has 1 fully saturated rings. The summed E-state index contributed by atoms with van der Waals surface area (Å²) in [6, 6.07) is 6.37. The van der Waals surface area contributed by atoms with Gasteiger partial charge in [0.25, 0.3) is 0 Å². The molecule has 1 saturated carbocycles. The van der Waals surface area contributed by atoms with Gasteiger partial charge in [-0.3, -0.25) is 4.98 Å². The van der Waals surface area contributed by atoms with Crippen molar-refractivity contribution < 1.29 is 5.11 Å². The summed E-state index contributed by atoms with van der Waals surface area (Å²) in [6.45, 7) is 0.971. The lowest BCUT2D eigenvalue weighted by molar-refractivity contribution is 0.0326. The Morgan fingerprint density at radius 2 is 2.18 bits per heavy atom. The van der Waals surface area contributed by atoms with Crippen LogP contribution in [0.2, 0.25) is 0 Å². The molecule has 0 unspecified atom stereocenters. The molecule has 1 aromatic heterocycles. The van der Waals surface area contributed by atoms with Gasteiger partial charge in [-0.15, -0.1) is 0 Å². The largest absolute Gasteiger partial charge is 0.391 e. The molecule has 1 N–H and O–H groups in total. The fourth-order valence-electron chi connectivity index (χ4n) is 2.61. The molecule has 17 heavy (non-hydrogen) atoms. The summed E-state index contributed by atoms with van der Waals surface area (Å²) in [5.41, 5.74) is 1.13. The second kappa shape index (κ2) is 6.12. The van der Waals surface area contributed by atoms with Crippen LogP contribution in [-0.2, 0) is 6.42 Å². The van der Waals surface area contributed by atoms with E-state index in [-0.39, 0.29) is 6.10 Å². The van der Waals surface area contributed by atoms with E-state index in [9.17, 15) is 5.11 Å². The van der Waals surface area contributed by atoms with Gasteiger partial charge >= 0.3 is 0 Å². The van der Waals surface area contributed by atoms with Gasteiger partial charge in [-0.05, 0) is 32.0 Å². The van der Waals surface area contributed by atoms with Crippen LogP contribution in [0, 0.1) is 0 Å². The first-order valence-corrected chi connectivity index (χ1v) is 6.55. The van der Waals surface area contributed by atoms with Gasteiger partial charge in [-0.2, -0.15) is 0 Å². The van der Waals surface area contributed by atoms with Gasteiger partial charge in [-0.1, -0.05) is 18.9 Å². The van der Waals surface area contributed by atoms with Crippen LogP contribution in [0.5, 0.6) is 0 Å². The number of nitrogens with zero attached hydrogens (tertiary/aromatic N) is 2. The lowest BCUT2D eigenvalue weighted by Crippen LogP contribution is -2.44. The highest BCUT2D eigenvalue weighted by Gasteiger charge is 2.26. The van der Waals surface area contributed by atoms with E-state index in [1.807, 2.05) is 18.3 Å². The fraction of sp³-hybridized carbons (Fsp3) is 0.643. The third kappa shape index (κ3) is 3.51. The van der Waals surface area contributed by atoms with E-state index in [1.54, 1.807) is 0 Å². The number of pyridine rings is 1. The number of hydrogen-bond donors (Lipinski definition) is 1. The maximum Gasteiger partial charge on any atom is 0.0695 e. The Bertz CT molecular complexity index is 328. The number of likely N-dealkylation sites (N-methyl/N-ethyl adjacent to an activating group) is 1. The zero-order valence-electron chi connectivity index (χ0n) is 10.5. The predicted octanol–water partition coefficient (Wildman–Crippen LogP) is 1.86. The molecule has 0 aromatic carbocycles. The van der Waals surface area contributed by atoms with Crippen molar-refractivity contribution >= 4 is 0 Å². The normalized spacial score (nSPS) is 25.1. The first-order valence-electron chi connectivity index (χ1n) is 6.55. The average molecular weight is 234 g/mol. The summed E-state index contributed by atoms with van der Waals surface area (Å²) in [5.74, 6) is 0. The quantitative estimate of drug-likeness (QED) is 0.864. The van der Waals surface area contributed by atoms with E-state index in [0.717, 1.165) is 31.5 Å². The van der Waals surface area contributed by atoms with E-state index < -0.39 is 0 Å². The minimum atomic E-state index is -0.141. The second-order valence-electron chi connectivity index (χ2n) is 4.97. The molecule has 0 saturated heterocycles. The second-order valence-corrected chi connectivity index (χ2v) is 4.97. The fourth-order valence-corrected chi connectivity index (χ4v) is 2.61. The topological polar surface area (TPSA) is 36.4 Å². The van der Waals surface area contributed by atoms with Gasteiger partial charge in [0.2, 0.25) is 0 Å². The highest BCUT2D eigenvalue weighted by atomic mass is 16.3. The smallest absolute Gasteiger partial charge is 0.0695 e. The first-order chi connectivity index (χ1) is 8.27. The molecule has 1 aliphatic rings. The molecule has 3 nitrogen and oxygen atoms in total. The highest BCUT2D eigenvalue weighted by Crippen LogP contribution is 2.22. The molecule has 1 aliphatic carbocycles. The predicted molar refractivity (Wildman–Crippen MR) is 68.8 cm³/mol. The van der Waals surface area contributed by atoms with Gasteiger partial charge < -0.3 is 10.0 Å². The van der Waals surface area contributed by atoms with E-state index in [1.165, 1.54) is 12.8 Å². The number of rotatable bonds is 4. The summed E-state index contributed by atoms with van der Waals surface area (Å²) in [4.78, 5) is 6.62. The van der Waals surface area contributed by atoms with Gasteiger partial charge in [0.15, 0.2) is 0 Å². The van der Waals surface area contributed by atoms with Crippen LogP contribution in [0.3, 0.4) is 0 Å². The molecule has 2 rings (SSSR count). The molecule has 0 bridgehead atoms. The Morgan fingerprint density at radius 1 is 1.35 bits per heavy atom. The first kappa shape index (κ1) is 12.5. The maximum absolute atomic E-state index is 9.98. The Morgan fingerprint density at radius 3 is 2.88 bits per heavy atom. The zero-order valence-corrected chi connectivity index (χ0v) is 10.5. The number of aromatic nitrogens is 1. The van der Waals surface area contributed by atoms with Crippen LogP contribution in [-0.4, -0.2) is 40.7 Å². The third-order valence-corrected chi connectivity index (χ3v) is 3.71. The van der Waals surface area contributed by atoms with Crippen LogP contribution in [0.1, 0.15) is 31.4 Å². The van der Waals surface area contributed by atoms with Gasteiger partial charge in [-0.25, -0.2) is 0 Å². The lowest BCUT2D eigenvalue weighted by Gasteiger charge is -2.35. The Kier molecular flexibility index (Phi) is 4.51. The SMILES string of the molecule is CN(CCc1ccccn1)[C@@H]1CCCC[C@H]1O. The number of hydrogen-bond acceptors (Lipinski definition) is 3. The summed E-state index contributed by atoms with van der Waals surface area (Å²) in [7, 11) is 2.11. The van der Waals surface area contributed by atoms with Crippen LogP contribution in [0.25, 0.3) is 0 Å². The molecule has 3 heteroatoms. The standard InChI is InChI=1S/C14H22N2O/c1-16(13-7-2-3-8-14(13)17)11-9-12-6-4-5-10-15-12/h4-6,10,13-14,17H,2-3,7-9,11H2,1H3/t13-,14-/m1/s1. The van der Waals surface area contributed by atoms with E-state index in [0.29, 0.717) is 6.04 Å².